The maximum absolute atomic E-state index is 10.6. The van der Waals surface area contributed by atoms with E-state index in [4.69, 9.17) is 0 Å². The number of aromatic nitrogens is 6. The number of β-amino-alcohol motifs (C(OH)–C–C–N with tert-alkyl or cyclic N) is 1. The lowest BCUT2D eigenvalue weighted by Gasteiger charge is -2.30. The molecule has 1 unspecified atom stereocenters. The maximum atomic E-state index is 10.6. The van der Waals surface area contributed by atoms with Gasteiger partial charge in [-0.25, -0.2) is 9.97 Å². The van der Waals surface area contributed by atoms with E-state index >= 15 is 0 Å². The number of aliphatic hydroxyl groups is 1. The molecule has 1 aliphatic rings. The summed E-state index contributed by atoms with van der Waals surface area (Å²) in [6.45, 7) is 2.79. The molecule has 0 saturated carbocycles. The molecule has 0 radical (unpaired) electrons. The van der Waals surface area contributed by atoms with E-state index in [1.54, 1.807) is 18.5 Å². The third-order valence-corrected chi connectivity index (χ3v) is 5.38. The van der Waals surface area contributed by atoms with Gasteiger partial charge in [-0.15, -0.1) is 0 Å². The third-order valence-electron chi connectivity index (χ3n) is 5.38. The molecule has 1 atom stereocenters. The molecule has 0 amide bonds. The van der Waals surface area contributed by atoms with Crippen LogP contribution in [0.2, 0.25) is 0 Å². The van der Waals surface area contributed by atoms with E-state index in [2.05, 4.69) is 70.2 Å². The van der Waals surface area contributed by atoms with Gasteiger partial charge in [0.2, 0.25) is 0 Å². The lowest BCUT2D eigenvalue weighted by atomic mass is 10.00. The van der Waals surface area contributed by atoms with Gasteiger partial charge in [0.1, 0.15) is 17.4 Å². The highest BCUT2D eigenvalue weighted by Gasteiger charge is 2.19. The molecule has 0 aliphatic carbocycles. The topological polar surface area (TPSA) is 128 Å². The minimum atomic E-state index is -0.528. The van der Waals surface area contributed by atoms with Gasteiger partial charge in [-0.1, -0.05) is 24.3 Å². The number of aromatic amines is 1. The number of nitrogens with one attached hydrogen (secondary N) is 3. The van der Waals surface area contributed by atoms with Gasteiger partial charge >= 0.3 is 0 Å². The van der Waals surface area contributed by atoms with Crippen molar-refractivity contribution in [2.45, 2.75) is 19.1 Å². The summed E-state index contributed by atoms with van der Waals surface area (Å²) in [6.07, 6.45) is 5.17. The van der Waals surface area contributed by atoms with Gasteiger partial charge in [0.15, 0.2) is 11.6 Å². The number of nitrogens with zero attached hydrogens (tertiary/aromatic N) is 6. The molecule has 3 aromatic heterocycles. The van der Waals surface area contributed by atoms with Gasteiger partial charge < -0.3 is 15.7 Å². The Bertz CT molecular complexity index is 1160. The molecule has 0 fully saturated rings. The molecule has 31 heavy (non-hydrogen) atoms. The number of aliphatic hydroxyl groups excluding tert-OH is 1. The molecular formula is C21H23N9O. The second-order valence-electron chi connectivity index (χ2n) is 7.56. The van der Waals surface area contributed by atoms with Crippen LogP contribution >= 0.6 is 0 Å². The van der Waals surface area contributed by atoms with Crippen LogP contribution in [0.25, 0.3) is 11.0 Å². The monoisotopic (exact) mass is 417 g/mol. The van der Waals surface area contributed by atoms with Crippen molar-refractivity contribution in [2.75, 3.05) is 30.3 Å². The second kappa shape index (κ2) is 8.62. The first kappa shape index (κ1) is 19.3. The van der Waals surface area contributed by atoms with Gasteiger partial charge in [-0.05, 0) is 23.6 Å². The van der Waals surface area contributed by atoms with E-state index in [1.807, 2.05) is 0 Å². The van der Waals surface area contributed by atoms with Gasteiger partial charge in [-0.2, -0.15) is 15.3 Å². The summed E-state index contributed by atoms with van der Waals surface area (Å²) in [6, 6.07) is 10.3. The van der Waals surface area contributed by atoms with E-state index in [0.717, 1.165) is 25.2 Å². The van der Waals surface area contributed by atoms with Crippen LogP contribution < -0.4 is 10.6 Å². The minimum absolute atomic E-state index is 0.374. The molecule has 1 aliphatic heterocycles. The van der Waals surface area contributed by atoms with Crippen molar-refractivity contribution in [3.8, 4) is 0 Å². The smallest absolute Gasteiger partial charge is 0.174 e. The Hall–Kier alpha value is -3.63. The highest BCUT2D eigenvalue weighted by molar-refractivity contribution is 5.93. The van der Waals surface area contributed by atoms with E-state index in [9.17, 15) is 5.11 Å². The first-order valence-electron chi connectivity index (χ1n) is 10.2. The van der Waals surface area contributed by atoms with E-state index in [-0.39, 0.29) is 0 Å². The van der Waals surface area contributed by atoms with Crippen molar-refractivity contribution < 1.29 is 5.11 Å². The molecule has 4 N–H and O–H groups in total. The molecule has 4 heterocycles. The number of benzene rings is 1. The zero-order valence-electron chi connectivity index (χ0n) is 16.9. The number of hydrogen-bond acceptors (Lipinski definition) is 9. The molecule has 0 spiro atoms. The molecule has 4 aromatic rings. The third kappa shape index (κ3) is 4.30. The maximum Gasteiger partial charge on any atom is 0.174 e. The zero-order chi connectivity index (χ0) is 21.0. The summed E-state index contributed by atoms with van der Waals surface area (Å²) in [5.41, 5.74) is 4.83. The summed E-state index contributed by atoms with van der Waals surface area (Å²) in [5, 5.41) is 31.9. The average Bonchev–Trinajstić information content (AvgIpc) is 3.22. The molecule has 10 heteroatoms. The molecular weight excluding hydrogens is 394 g/mol. The predicted molar refractivity (Wildman–Crippen MR) is 117 cm³/mol. The van der Waals surface area contributed by atoms with Crippen LogP contribution in [-0.4, -0.2) is 66.1 Å². The Morgan fingerprint density at radius 2 is 2.00 bits per heavy atom. The SMILES string of the molecule is OC(CNc1n[nH]c2c(Nc3ccnnc3)ncnc12)CN1CCc2ccccc2C1. The Morgan fingerprint density at radius 3 is 2.87 bits per heavy atom. The minimum Gasteiger partial charge on any atom is -0.390 e. The van der Waals surface area contributed by atoms with Gasteiger partial charge in [0.05, 0.1) is 24.2 Å². The molecule has 0 saturated heterocycles. The van der Waals surface area contributed by atoms with Crippen LogP contribution in [0.1, 0.15) is 11.1 Å². The molecule has 5 rings (SSSR count). The molecule has 1 aromatic carbocycles. The van der Waals surface area contributed by atoms with Crippen molar-refractivity contribution >= 4 is 28.4 Å². The zero-order valence-corrected chi connectivity index (χ0v) is 16.9. The lowest BCUT2D eigenvalue weighted by molar-refractivity contribution is 0.114. The Labute approximate surface area is 178 Å². The number of rotatable bonds is 7. The van der Waals surface area contributed by atoms with Crippen molar-refractivity contribution in [1.82, 2.24) is 35.3 Å². The highest BCUT2D eigenvalue weighted by Crippen LogP contribution is 2.25. The first-order valence-corrected chi connectivity index (χ1v) is 10.2. The molecule has 158 valence electrons. The van der Waals surface area contributed by atoms with Crippen LogP contribution in [0.15, 0.2) is 49.1 Å². The molecule has 10 nitrogen and oxygen atoms in total. The average molecular weight is 417 g/mol. The van der Waals surface area contributed by atoms with Crippen LogP contribution in [0.4, 0.5) is 17.3 Å². The van der Waals surface area contributed by atoms with Crippen LogP contribution in [0.3, 0.4) is 0 Å². The van der Waals surface area contributed by atoms with Gasteiger partial charge in [-0.3, -0.25) is 10.00 Å². The summed E-state index contributed by atoms with van der Waals surface area (Å²) in [7, 11) is 0. The quantitative estimate of drug-likeness (QED) is 0.355. The van der Waals surface area contributed by atoms with Gasteiger partial charge in [0.25, 0.3) is 0 Å². The van der Waals surface area contributed by atoms with Crippen LogP contribution in [0, 0.1) is 0 Å². The Morgan fingerprint density at radius 1 is 1.10 bits per heavy atom. The number of anilines is 3. The highest BCUT2D eigenvalue weighted by atomic mass is 16.3. The number of H-pyrrole nitrogens is 1. The summed E-state index contributed by atoms with van der Waals surface area (Å²) < 4.78 is 0. The lowest BCUT2D eigenvalue weighted by Crippen LogP contribution is -2.39. The Balaban J connectivity index is 1.22. The Kier molecular flexibility index (Phi) is 5.38. The first-order chi connectivity index (χ1) is 15.3. The van der Waals surface area contributed by atoms with Crippen LogP contribution in [0.5, 0.6) is 0 Å². The number of hydrogen-bond donors (Lipinski definition) is 4. The summed E-state index contributed by atoms with van der Waals surface area (Å²) in [5.74, 6) is 1.17. The fraction of sp³-hybridized carbons (Fsp3) is 0.286. The largest absolute Gasteiger partial charge is 0.390 e. The van der Waals surface area contributed by atoms with Crippen molar-refractivity contribution in [3.05, 3.63) is 60.2 Å². The standard InChI is InChI=1S/C21H23N9O/c31-17(12-30-8-6-14-3-1-2-4-15(14)11-30)10-22-21-18-19(28-29-21)20(24-13-23-18)27-16-5-7-25-26-9-16/h1-5,7,9,13,17,31H,6,8,10-12H2,(H2,22,28,29)(H,23,24,25,27). The van der Waals surface area contributed by atoms with Crippen molar-refractivity contribution in [3.63, 3.8) is 0 Å². The van der Waals surface area contributed by atoms with Crippen molar-refractivity contribution in [1.29, 1.82) is 0 Å². The summed E-state index contributed by atoms with van der Waals surface area (Å²) in [4.78, 5) is 10.9. The second-order valence-corrected chi connectivity index (χ2v) is 7.56. The van der Waals surface area contributed by atoms with Crippen LogP contribution in [-0.2, 0) is 13.0 Å². The van der Waals surface area contributed by atoms with Crippen molar-refractivity contribution in [2.24, 2.45) is 0 Å². The predicted octanol–water partition coefficient (Wildman–Crippen LogP) is 1.72. The number of fused-ring (bicyclic) bond motifs is 2. The van der Waals surface area contributed by atoms with E-state index in [0.29, 0.717) is 35.8 Å². The van der Waals surface area contributed by atoms with E-state index < -0.39 is 6.10 Å². The summed E-state index contributed by atoms with van der Waals surface area (Å²) >= 11 is 0. The van der Waals surface area contributed by atoms with E-state index in [1.165, 1.54) is 17.5 Å². The molecule has 0 bridgehead atoms. The normalized spacial score (nSPS) is 14.9. The van der Waals surface area contributed by atoms with Gasteiger partial charge in [0, 0.05) is 26.2 Å². The fourth-order valence-electron chi connectivity index (χ4n) is 3.84. The fourth-order valence-corrected chi connectivity index (χ4v) is 3.84.